The molecule has 5 heteroatoms. The van der Waals surface area contributed by atoms with Crippen molar-refractivity contribution in [1.29, 1.82) is 0 Å². The quantitative estimate of drug-likeness (QED) is 0.864. The molecule has 1 aliphatic carbocycles. The van der Waals surface area contributed by atoms with Crippen LogP contribution < -0.4 is 5.32 Å². The average molecular weight is 293 g/mol. The van der Waals surface area contributed by atoms with Crippen LogP contribution in [0.15, 0.2) is 17.5 Å². The van der Waals surface area contributed by atoms with Gasteiger partial charge in [0.15, 0.2) is 0 Å². The van der Waals surface area contributed by atoms with Gasteiger partial charge in [0.1, 0.15) is 0 Å². The second-order valence-corrected chi connectivity index (χ2v) is 6.75. The van der Waals surface area contributed by atoms with E-state index in [2.05, 4.69) is 27.7 Å². The van der Waals surface area contributed by atoms with E-state index in [1.54, 1.807) is 0 Å². The molecule has 1 saturated heterocycles. The van der Waals surface area contributed by atoms with Crippen LogP contribution in [0.1, 0.15) is 24.1 Å². The normalized spacial score (nSPS) is 20.3. The van der Waals surface area contributed by atoms with Crippen molar-refractivity contribution in [3.63, 3.8) is 0 Å². The molecule has 2 aliphatic rings. The van der Waals surface area contributed by atoms with E-state index >= 15 is 0 Å². The maximum atomic E-state index is 12.1. The van der Waals surface area contributed by atoms with E-state index in [0.717, 1.165) is 39.3 Å². The number of piperazine rings is 1. The third-order valence-corrected chi connectivity index (χ3v) is 4.89. The average Bonchev–Trinajstić information content (AvgIpc) is 3.15. The molecule has 20 heavy (non-hydrogen) atoms. The van der Waals surface area contributed by atoms with Crippen LogP contribution in [0.3, 0.4) is 0 Å². The van der Waals surface area contributed by atoms with E-state index in [1.165, 1.54) is 17.7 Å². The first-order valence-electron chi connectivity index (χ1n) is 7.57. The molecule has 1 saturated carbocycles. The third kappa shape index (κ3) is 4.04. The Balaban J connectivity index is 1.35. The molecule has 0 atom stereocenters. The Morgan fingerprint density at radius 1 is 1.30 bits per heavy atom. The monoisotopic (exact) mass is 293 g/mol. The van der Waals surface area contributed by atoms with Gasteiger partial charge in [0.05, 0.1) is 0 Å². The molecule has 4 nitrogen and oxygen atoms in total. The fourth-order valence-electron chi connectivity index (χ4n) is 2.61. The lowest BCUT2D eigenvalue weighted by molar-refractivity contribution is -0.132. The minimum absolute atomic E-state index is 0.314. The lowest BCUT2D eigenvalue weighted by atomic mass is 10.2. The number of rotatable bonds is 6. The van der Waals surface area contributed by atoms with Crippen LogP contribution in [0.4, 0.5) is 0 Å². The maximum Gasteiger partial charge on any atom is 0.223 e. The molecular formula is C15H23N3OS. The molecule has 1 aromatic heterocycles. The van der Waals surface area contributed by atoms with Crippen molar-refractivity contribution < 1.29 is 4.79 Å². The predicted octanol–water partition coefficient (Wildman–Crippen LogP) is 1.53. The highest BCUT2D eigenvalue weighted by Crippen LogP contribution is 2.18. The molecular weight excluding hydrogens is 270 g/mol. The zero-order chi connectivity index (χ0) is 13.8. The van der Waals surface area contributed by atoms with E-state index in [-0.39, 0.29) is 0 Å². The van der Waals surface area contributed by atoms with Crippen molar-refractivity contribution in [2.24, 2.45) is 0 Å². The van der Waals surface area contributed by atoms with Gasteiger partial charge in [-0.1, -0.05) is 6.07 Å². The smallest absolute Gasteiger partial charge is 0.223 e. The van der Waals surface area contributed by atoms with Gasteiger partial charge in [0.2, 0.25) is 5.91 Å². The van der Waals surface area contributed by atoms with E-state index in [4.69, 9.17) is 0 Å². The van der Waals surface area contributed by atoms with Gasteiger partial charge >= 0.3 is 0 Å². The lowest BCUT2D eigenvalue weighted by Crippen LogP contribution is -2.48. The Morgan fingerprint density at radius 2 is 2.10 bits per heavy atom. The second kappa shape index (κ2) is 6.70. The summed E-state index contributed by atoms with van der Waals surface area (Å²) in [7, 11) is 0. The number of thiophene rings is 1. The van der Waals surface area contributed by atoms with Gasteiger partial charge in [-0.15, -0.1) is 11.3 Å². The van der Waals surface area contributed by atoms with Gasteiger partial charge in [-0.3, -0.25) is 9.69 Å². The van der Waals surface area contributed by atoms with Crippen LogP contribution in [0, 0.1) is 0 Å². The van der Waals surface area contributed by atoms with E-state index < -0.39 is 0 Å². The predicted molar refractivity (Wildman–Crippen MR) is 81.8 cm³/mol. The number of amides is 1. The first-order chi connectivity index (χ1) is 9.81. The second-order valence-electron chi connectivity index (χ2n) is 5.71. The van der Waals surface area contributed by atoms with Crippen LogP contribution in [0.5, 0.6) is 0 Å². The molecule has 0 spiro atoms. The molecule has 0 unspecified atom stereocenters. The fraction of sp³-hybridized carbons (Fsp3) is 0.667. The van der Waals surface area contributed by atoms with Crippen LogP contribution in [-0.4, -0.2) is 54.5 Å². The fourth-order valence-corrected chi connectivity index (χ4v) is 3.35. The van der Waals surface area contributed by atoms with Crippen LogP contribution in [-0.2, 0) is 11.3 Å². The highest BCUT2D eigenvalue weighted by atomic mass is 32.1. The minimum atomic E-state index is 0.314. The van der Waals surface area contributed by atoms with Crippen molar-refractivity contribution in [3.05, 3.63) is 22.4 Å². The van der Waals surface area contributed by atoms with Gasteiger partial charge in [0, 0.05) is 56.6 Å². The Kier molecular flexibility index (Phi) is 4.70. The number of carbonyl (C=O) groups excluding carboxylic acids is 1. The summed E-state index contributed by atoms with van der Waals surface area (Å²) in [6, 6.07) is 4.99. The topological polar surface area (TPSA) is 35.6 Å². The molecule has 0 bridgehead atoms. The minimum Gasteiger partial charge on any atom is -0.340 e. The summed E-state index contributed by atoms with van der Waals surface area (Å²) >= 11 is 1.81. The van der Waals surface area contributed by atoms with Crippen LogP contribution in [0.25, 0.3) is 0 Å². The highest BCUT2D eigenvalue weighted by molar-refractivity contribution is 7.09. The van der Waals surface area contributed by atoms with Gasteiger partial charge in [-0.2, -0.15) is 0 Å². The third-order valence-electron chi connectivity index (χ3n) is 4.03. The summed E-state index contributed by atoms with van der Waals surface area (Å²) in [5.41, 5.74) is 0. The molecule has 3 rings (SSSR count). The van der Waals surface area contributed by atoms with Crippen molar-refractivity contribution in [1.82, 2.24) is 15.1 Å². The molecule has 2 heterocycles. The van der Waals surface area contributed by atoms with E-state index in [9.17, 15) is 4.79 Å². The summed E-state index contributed by atoms with van der Waals surface area (Å²) in [5, 5.41) is 5.54. The Hall–Kier alpha value is -0.910. The summed E-state index contributed by atoms with van der Waals surface area (Å²) in [5.74, 6) is 0.314. The van der Waals surface area contributed by atoms with Gasteiger partial charge < -0.3 is 10.2 Å². The van der Waals surface area contributed by atoms with Crippen LogP contribution >= 0.6 is 11.3 Å². The van der Waals surface area contributed by atoms with Crippen molar-refractivity contribution >= 4 is 17.2 Å². The number of hydrogen-bond acceptors (Lipinski definition) is 4. The highest BCUT2D eigenvalue weighted by Gasteiger charge is 2.23. The van der Waals surface area contributed by atoms with Crippen molar-refractivity contribution in [2.45, 2.75) is 31.8 Å². The maximum absolute atomic E-state index is 12.1. The number of nitrogens with one attached hydrogen (secondary N) is 1. The molecule has 1 amide bonds. The van der Waals surface area contributed by atoms with Crippen molar-refractivity contribution in [3.8, 4) is 0 Å². The number of hydrogen-bond donors (Lipinski definition) is 1. The molecule has 1 N–H and O–H groups in total. The summed E-state index contributed by atoms with van der Waals surface area (Å²) < 4.78 is 0. The Morgan fingerprint density at radius 3 is 2.75 bits per heavy atom. The molecule has 110 valence electrons. The SMILES string of the molecule is O=C(CCNC1CC1)N1CCN(Cc2cccs2)CC1. The zero-order valence-corrected chi connectivity index (χ0v) is 12.7. The summed E-state index contributed by atoms with van der Waals surface area (Å²) in [6.45, 7) is 5.64. The molecule has 0 aromatic carbocycles. The van der Waals surface area contributed by atoms with Gasteiger partial charge in [-0.25, -0.2) is 0 Å². The van der Waals surface area contributed by atoms with E-state index in [1.807, 2.05) is 16.2 Å². The lowest BCUT2D eigenvalue weighted by Gasteiger charge is -2.34. The number of nitrogens with zero attached hydrogens (tertiary/aromatic N) is 2. The molecule has 2 fully saturated rings. The zero-order valence-electron chi connectivity index (χ0n) is 11.9. The first-order valence-corrected chi connectivity index (χ1v) is 8.45. The number of carbonyl (C=O) groups is 1. The van der Waals surface area contributed by atoms with Gasteiger partial charge in [0.25, 0.3) is 0 Å². The van der Waals surface area contributed by atoms with Crippen molar-refractivity contribution in [2.75, 3.05) is 32.7 Å². The largest absolute Gasteiger partial charge is 0.340 e. The van der Waals surface area contributed by atoms with Gasteiger partial charge in [-0.05, 0) is 24.3 Å². The Labute approximate surface area is 124 Å². The first kappa shape index (κ1) is 14.0. The summed E-state index contributed by atoms with van der Waals surface area (Å²) in [6.07, 6.45) is 3.23. The molecule has 1 aromatic rings. The van der Waals surface area contributed by atoms with E-state index in [0.29, 0.717) is 18.4 Å². The molecule has 1 aliphatic heterocycles. The van der Waals surface area contributed by atoms with Crippen LogP contribution in [0.2, 0.25) is 0 Å². The molecule has 0 radical (unpaired) electrons. The summed E-state index contributed by atoms with van der Waals surface area (Å²) in [4.78, 5) is 18.0. The standard InChI is InChI=1S/C15H23N3OS/c19-15(5-6-16-13-3-4-13)18-9-7-17(8-10-18)12-14-2-1-11-20-14/h1-2,11,13,16H,3-10,12H2. The Bertz CT molecular complexity index is 422.